The number of carbonyl (C=O) groups is 1. The topological polar surface area (TPSA) is 26.3 Å². The molecule has 1 fully saturated rings. The van der Waals surface area contributed by atoms with Crippen LogP contribution in [0.4, 0.5) is 0 Å². The summed E-state index contributed by atoms with van der Waals surface area (Å²) in [7, 11) is 1.35. The monoisotopic (exact) mass is 162 g/mol. The third-order valence-electron chi connectivity index (χ3n) is 1.24. The summed E-state index contributed by atoms with van der Waals surface area (Å²) >= 11 is 4.08. The Morgan fingerprint density at radius 3 is 2.10 bits per heavy atom. The summed E-state index contributed by atoms with van der Waals surface area (Å²) < 4.78 is 4.11. The van der Waals surface area contributed by atoms with Crippen LogP contribution in [0.2, 0.25) is 0 Å². The van der Waals surface area contributed by atoms with Gasteiger partial charge in [0.2, 0.25) is 0 Å². The minimum atomic E-state index is -0.245. The summed E-state index contributed by atoms with van der Waals surface area (Å²) in [6.07, 6.45) is 2.87. The number of esters is 1. The van der Waals surface area contributed by atoms with Crippen LogP contribution in [-0.4, -0.2) is 18.8 Å². The predicted octanol–water partition coefficient (Wildman–Crippen LogP) is 1.51. The molecule has 60 valence electrons. The van der Waals surface area contributed by atoms with Crippen molar-refractivity contribution < 1.29 is 9.53 Å². The van der Waals surface area contributed by atoms with E-state index < -0.39 is 0 Å². The van der Waals surface area contributed by atoms with Crippen molar-refractivity contribution in [1.82, 2.24) is 0 Å². The molecule has 0 N–H and O–H groups in total. The van der Waals surface area contributed by atoms with E-state index in [0.717, 1.165) is 11.7 Å². The molecule has 0 amide bonds. The van der Waals surface area contributed by atoms with E-state index in [1.807, 2.05) is 0 Å². The summed E-state index contributed by atoms with van der Waals surface area (Å²) in [5.41, 5.74) is 0. The van der Waals surface area contributed by atoms with Crippen LogP contribution in [0, 0.1) is 5.92 Å². The van der Waals surface area contributed by atoms with Crippen molar-refractivity contribution in [2.24, 2.45) is 5.92 Å². The highest BCUT2D eigenvalue weighted by atomic mass is 32.1. The Bertz CT molecular complexity index is 99.8. The van der Waals surface area contributed by atoms with Gasteiger partial charge in [-0.15, -0.1) is 0 Å². The van der Waals surface area contributed by atoms with Crippen LogP contribution in [0.1, 0.15) is 19.8 Å². The molecular weight excluding hydrogens is 148 g/mol. The summed E-state index contributed by atoms with van der Waals surface area (Å²) in [6.45, 7) is 1.36. The zero-order valence-electron chi connectivity index (χ0n) is 6.46. The molecule has 0 aromatic carbocycles. The maximum absolute atomic E-state index is 9.59. The summed E-state index contributed by atoms with van der Waals surface area (Å²) in [5.74, 6) is 1.86. The molecule has 1 aliphatic rings. The van der Waals surface area contributed by atoms with Crippen molar-refractivity contribution in [2.45, 2.75) is 19.8 Å². The second-order valence-electron chi connectivity index (χ2n) is 2.32. The van der Waals surface area contributed by atoms with Gasteiger partial charge < -0.3 is 4.74 Å². The van der Waals surface area contributed by atoms with Crippen LogP contribution in [0.15, 0.2) is 0 Å². The normalized spacial score (nSPS) is 15.1. The smallest absolute Gasteiger partial charge is 0.302 e. The van der Waals surface area contributed by atoms with Crippen molar-refractivity contribution in [3.8, 4) is 0 Å². The fourth-order valence-electron chi connectivity index (χ4n) is 0.300. The maximum Gasteiger partial charge on any atom is 0.302 e. The van der Waals surface area contributed by atoms with Crippen molar-refractivity contribution in [1.29, 1.82) is 0 Å². The number of methoxy groups -OCH3 is 1. The lowest BCUT2D eigenvalue weighted by atomic mass is 10.5. The number of thiol groups is 1. The first kappa shape index (κ1) is 9.82. The molecule has 0 spiro atoms. The van der Waals surface area contributed by atoms with Gasteiger partial charge in [-0.2, -0.15) is 12.6 Å². The van der Waals surface area contributed by atoms with Crippen LogP contribution in [-0.2, 0) is 9.53 Å². The minimum absolute atomic E-state index is 0.245. The molecule has 0 aliphatic heterocycles. The van der Waals surface area contributed by atoms with Crippen LogP contribution in [0.25, 0.3) is 0 Å². The SMILES string of the molecule is COC(C)=O.SCC1CC1. The minimum Gasteiger partial charge on any atom is -0.469 e. The van der Waals surface area contributed by atoms with E-state index in [4.69, 9.17) is 0 Å². The molecule has 1 saturated carbocycles. The van der Waals surface area contributed by atoms with E-state index in [1.165, 1.54) is 26.9 Å². The number of hydrogen-bond donors (Lipinski definition) is 1. The molecule has 0 saturated heterocycles. The standard InChI is InChI=1S/C4H8S.C3H6O2/c5-3-4-1-2-4;1-3(4)5-2/h4-5H,1-3H2;1-2H3. The summed E-state index contributed by atoms with van der Waals surface area (Å²) in [5, 5.41) is 0. The van der Waals surface area contributed by atoms with E-state index in [2.05, 4.69) is 17.4 Å². The molecule has 0 aromatic rings. The van der Waals surface area contributed by atoms with Gasteiger partial charge in [-0.1, -0.05) is 0 Å². The molecule has 0 bridgehead atoms. The van der Waals surface area contributed by atoms with E-state index >= 15 is 0 Å². The lowest BCUT2D eigenvalue weighted by molar-refractivity contribution is -0.137. The number of ether oxygens (including phenoxy) is 1. The van der Waals surface area contributed by atoms with Crippen molar-refractivity contribution in [3.05, 3.63) is 0 Å². The second-order valence-corrected chi connectivity index (χ2v) is 2.69. The fraction of sp³-hybridized carbons (Fsp3) is 0.857. The first-order valence-electron chi connectivity index (χ1n) is 3.36. The van der Waals surface area contributed by atoms with Gasteiger partial charge in [0.1, 0.15) is 0 Å². The van der Waals surface area contributed by atoms with Crippen LogP contribution in [0.3, 0.4) is 0 Å². The van der Waals surface area contributed by atoms with Crippen molar-refractivity contribution >= 4 is 18.6 Å². The Morgan fingerprint density at radius 2 is 2.10 bits per heavy atom. The molecule has 2 nitrogen and oxygen atoms in total. The molecule has 1 aliphatic carbocycles. The Kier molecular flexibility index (Phi) is 5.49. The molecule has 1 rings (SSSR count). The van der Waals surface area contributed by atoms with Crippen molar-refractivity contribution in [2.75, 3.05) is 12.9 Å². The zero-order valence-corrected chi connectivity index (χ0v) is 7.36. The van der Waals surface area contributed by atoms with Gasteiger partial charge in [-0.3, -0.25) is 4.79 Å². The predicted molar refractivity (Wildman–Crippen MR) is 44.3 cm³/mol. The van der Waals surface area contributed by atoms with Gasteiger partial charge in [0.15, 0.2) is 0 Å². The average molecular weight is 162 g/mol. The molecule has 0 unspecified atom stereocenters. The first-order chi connectivity index (χ1) is 4.70. The Balaban J connectivity index is 0.000000162. The lowest BCUT2D eigenvalue weighted by Gasteiger charge is -1.80. The molecule has 0 radical (unpaired) electrons. The average Bonchev–Trinajstić information content (AvgIpc) is 2.70. The lowest BCUT2D eigenvalue weighted by Crippen LogP contribution is -1.88. The highest BCUT2D eigenvalue weighted by molar-refractivity contribution is 7.80. The molecule has 0 atom stereocenters. The first-order valence-corrected chi connectivity index (χ1v) is 3.99. The third-order valence-corrected chi connectivity index (χ3v) is 1.76. The Hall–Kier alpha value is -0.180. The van der Waals surface area contributed by atoms with Gasteiger partial charge in [0.25, 0.3) is 0 Å². The van der Waals surface area contributed by atoms with E-state index in [1.54, 1.807) is 0 Å². The van der Waals surface area contributed by atoms with E-state index in [0.29, 0.717) is 0 Å². The van der Waals surface area contributed by atoms with Crippen LogP contribution >= 0.6 is 12.6 Å². The Labute approximate surface area is 67.4 Å². The van der Waals surface area contributed by atoms with E-state index in [-0.39, 0.29) is 5.97 Å². The van der Waals surface area contributed by atoms with Gasteiger partial charge in [0, 0.05) is 6.92 Å². The quantitative estimate of drug-likeness (QED) is 0.467. The molecule has 0 aromatic heterocycles. The molecular formula is C7H14O2S. The highest BCUT2D eigenvalue weighted by Crippen LogP contribution is 2.29. The Morgan fingerprint density at radius 1 is 1.70 bits per heavy atom. The van der Waals surface area contributed by atoms with Crippen LogP contribution < -0.4 is 0 Å². The number of rotatable bonds is 1. The fourth-order valence-corrected chi connectivity index (χ4v) is 0.666. The van der Waals surface area contributed by atoms with E-state index in [9.17, 15) is 4.79 Å². The summed E-state index contributed by atoms with van der Waals surface area (Å²) in [4.78, 5) is 9.59. The zero-order chi connectivity index (χ0) is 7.98. The number of hydrogen-bond acceptors (Lipinski definition) is 3. The molecule has 3 heteroatoms. The highest BCUT2D eigenvalue weighted by Gasteiger charge is 2.17. The van der Waals surface area contributed by atoms with Gasteiger partial charge in [-0.25, -0.2) is 0 Å². The molecule has 0 heterocycles. The van der Waals surface area contributed by atoms with Gasteiger partial charge in [-0.05, 0) is 24.5 Å². The van der Waals surface area contributed by atoms with Gasteiger partial charge in [0.05, 0.1) is 7.11 Å². The van der Waals surface area contributed by atoms with Gasteiger partial charge >= 0.3 is 5.97 Å². The number of carbonyl (C=O) groups excluding carboxylic acids is 1. The second kappa shape index (κ2) is 5.59. The molecule has 10 heavy (non-hydrogen) atoms. The maximum atomic E-state index is 9.59. The third kappa shape index (κ3) is 7.82. The van der Waals surface area contributed by atoms with Crippen molar-refractivity contribution in [3.63, 3.8) is 0 Å². The van der Waals surface area contributed by atoms with Crippen LogP contribution in [0.5, 0.6) is 0 Å². The largest absolute Gasteiger partial charge is 0.469 e. The summed E-state index contributed by atoms with van der Waals surface area (Å²) in [6, 6.07) is 0.